The molecule has 0 aliphatic carbocycles. The Balaban J connectivity index is 2.58. The zero-order chi connectivity index (χ0) is 13.5. The van der Waals surface area contributed by atoms with Crippen molar-refractivity contribution in [3.8, 4) is 0 Å². The van der Waals surface area contributed by atoms with Gasteiger partial charge in [-0.25, -0.2) is 9.97 Å². The number of aryl methyl sites for hydroxylation is 1. The van der Waals surface area contributed by atoms with Gasteiger partial charge in [0, 0.05) is 12.0 Å². The minimum atomic E-state index is -0.161. The van der Waals surface area contributed by atoms with Crippen molar-refractivity contribution < 1.29 is 4.74 Å². The van der Waals surface area contributed by atoms with Crippen molar-refractivity contribution in [3.05, 3.63) is 16.8 Å². The molecule has 1 unspecified atom stereocenters. The highest BCUT2D eigenvalue weighted by atomic mass is 32.1. The molecule has 0 bridgehead atoms. The van der Waals surface area contributed by atoms with Gasteiger partial charge in [-0.15, -0.1) is 11.3 Å². The predicted molar refractivity (Wildman–Crippen MR) is 75.8 cm³/mol. The number of hydrogen-bond acceptors (Lipinski definition) is 5. The second-order valence-electron chi connectivity index (χ2n) is 5.52. The molecule has 0 aliphatic rings. The van der Waals surface area contributed by atoms with Crippen molar-refractivity contribution in [2.24, 2.45) is 5.41 Å². The third-order valence-corrected chi connectivity index (χ3v) is 3.76. The maximum Gasteiger partial charge on any atom is 0.161 e. The van der Waals surface area contributed by atoms with E-state index in [1.165, 1.54) is 4.88 Å². The van der Waals surface area contributed by atoms with Crippen LogP contribution in [0.1, 0.15) is 37.6 Å². The van der Waals surface area contributed by atoms with Crippen molar-refractivity contribution in [1.82, 2.24) is 9.97 Å². The highest BCUT2D eigenvalue weighted by Gasteiger charge is 2.29. The van der Waals surface area contributed by atoms with Gasteiger partial charge in [-0.1, -0.05) is 20.8 Å². The fourth-order valence-corrected chi connectivity index (χ4v) is 2.94. The van der Waals surface area contributed by atoms with Crippen LogP contribution in [0.25, 0.3) is 10.2 Å². The van der Waals surface area contributed by atoms with Crippen LogP contribution in [-0.4, -0.2) is 17.1 Å². The van der Waals surface area contributed by atoms with Crippen molar-refractivity contribution in [1.29, 1.82) is 0 Å². The van der Waals surface area contributed by atoms with E-state index < -0.39 is 0 Å². The summed E-state index contributed by atoms with van der Waals surface area (Å²) in [7, 11) is 1.68. The van der Waals surface area contributed by atoms with Gasteiger partial charge in [0.05, 0.1) is 5.39 Å². The number of aromatic nitrogens is 2. The van der Waals surface area contributed by atoms with Gasteiger partial charge in [0.2, 0.25) is 0 Å². The number of hydrogen-bond donors (Lipinski definition) is 1. The van der Waals surface area contributed by atoms with Gasteiger partial charge in [0.1, 0.15) is 16.8 Å². The van der Waals surface area contributed by atoms with E-state index in [0.717, 1.165) is 10.2 Å². The Bertz CT molecular complexity index is 571. The molecule has 2 N–H and O–H groups in total. The van der Waals surface area contributed by atoms with E-state index in [1.807, 2.05) is 13.0 Å². The maximum atomic E-state index is 6.01. The van der Waals surface area contributed by atoms with Crippen LogP contribution in [0.15, 0.2) is 6.07 Å². The van der Waals surface area contributed by atoms with Gasteiger partial charge >= 0.3 is 0 Å². The van der Waals surface area contributed by atoms with Crippen molar-refractivity contribution in [2.75, 3.05) is 12.8 Å². The lowest BCUT2D eigenvalue weighted by Gasteiger charge is -2.28. The highest BCUT2D eigenvalue weighted by Crippen LogP contribution is 2.36. The van der Waals surface area contributed by atoms with Gasteiger partial charge in [0.15, 0.2) is 5.82 Å². The van der Waals surface area contributed by atoms with Crippen molar-refractivity contribution in [3.63, 3.8) is 0 Å². The quantitative estimate of drug-likeness (QED) is 0.905. The summed E-state index contributed by atoms with van der Waals surface area (Å²) in [6, 6.07) is 2.03. The standard InChI is InChI=1S/C13H19N3OS/c1-7-6-8-10(14)15-11(16-12(8)18-7)9(17-5)13(2,3)4/h6,9H,1-5H3,(H2,14,15,16). The average molecular weight is 265 g/mol. The molecule has 5 heteroatoms. The lowest BCUT2D eigenvalue weighted by molar-refractivity contribution is 0.00905. The number of anilines is 1. The first-order valence-electron chi connectivity index (χ1n) is 5.89. The topological polar surface area (TPSA) is 61.0 Å². The van der Waals surface area contributed by atoms with E-state index >= 15 is 0 Å². The Kier molecular flexibility index (Phi) is 3.29. The summed E-state index contributed by atoms with van der Waals surface area (Å²) in [5.41, 5.74) is 5.94. The van der Waals surface area contributed by atoms with Crippen LogP contribution >= 0.6 is 11.3 Å². The number of methoxy groups -OCH3 is 1. The summed E-state index contributed by atoms with van der Waals surface area (Å²) in [4.78, 5) is 11.1. The first-order valence-corrected chi connectivity index (χ1v) is 6.71. The monoisotopic (exact) mass is 265 g/mol. The Labute approximate surface area is 111 Å². The third-order valence-electron chi connectivity index (χ3n) is 2.82. The molecule has 2 rings (SSSR count). The number of nitrogens with zero attached hydrogens (tertiary/aromatic N) is 2. The van der Waals surface area contributed by atoms with Crippen LogP contribution in [0.3, 0.4) is 0 Å². The van der Waals surface area contributed by atoms with Crippen molar-refractivity contribution in [2.45, 2.75) is 33.8 Å². The number of nitrogen functional groups attached to an aromatic ring is 1. The lowest BCUT2D eigenvalue weighted by atomic mass is 9.88. The molecule has 0 saturated carbocycles. The first-order chi connectivity index (χ1) is 8.32. The zero-order valence-corrected chi connectivity index (χ0v) is 12.3. The SMILES string of the molecule is COC(c1nc(N)c2cc(C)sc2n1)C(C)(C)C. The fraction of sp³-hybridized carbons (Fsp3) is 0.538. The van der Waals surface area contributed by atoms with Crippen molar-refractivity contribution >= 4 is 27.4 Å². The summed E-state index contributed by atoms with van der Waals surface area (Å²) < 4.78 is 5.54. The van der Waals surface area contributed by atoms with Gasteiger partial charge in [-0.3, -0.25) is 0 Å². The minimum absolute atomic E-state index is 0.0683. The largest absolute Gasteiger partial charge is 0.383 e. The molecule has 0 aromatic carbocycles. The first kappa shape index (κ1) is 13.2. The molecule has 0 amide bonds. The molecule has 2 aromatic heterocycles. The summed E-state index contributed by atoms with van der Waals surface area (Å²) >= 11 is 1.63. The zero-order valence-electron chi connectivity index (χ0n) is 11.4. The van der Waals surface area contributed by atoms with Crippen LogP contribution in [0.5, 0.6) is 0 Å². The molecular formula is C13H19N3OS. The molecule has 18 heavy (non-hydrogen) atoms. The van der Waals surface area contributed by atoms with Gasteiger partial charge in [-0.05, 0) is 18.4 Å². The van der Waals surface area contributed by atoms with E-state index in [2.05, 4.69) is 30.7 Å². The van der Waals surface area contributed by atoms with Gasteiger partial charge in [-0.2, -0.15) is 0 Å². The molecule has 0 fully saturated rings. The second kappa shape index (κ2) is 4.48. The molecule has 0 aliphatic heterocycles. The second-order valence-corrected chi connectivity index (χ2v) is 6.76. The van der Waals surface area contributed by atoms with E-state index in [-0.39, 0.29) is 11.5 Å². The van der Waals surface area contributed by atoms with Crippen LogP contribution in [0, 0.1) is 12.3 Å². The summed E-state index contributed by atoms with van der Waals surface area (Å²) in [6.45, 7) is 8.35. The molecule has 98 valence electrons. The minimum Gasteiger partial charge on any atom is -0.383 e. The molecule has 1 atom stereocenters. The van der Waals surface area contributed by atoms with E-state index in [0.29, 0.717) is 11.6 Å². The Morgan fingerprint density at radius 1 is 1.33 bits per heavy atom. The van der Waals surface area contributed by atoms with Crippen LogP contribution in [0.2, 0.25) is 0 Å². The predicted octanol–water partition coefficient (Wildman–Crippen LogP) is 3.32. The Morgan fingerprint density at radius 2 is 2.00 bits per heavy atom. The third kappa shape index (κ3) is 2.33. The average Bonchev–Trinajstić information content (AvgIpc) is 2.58. The van der Waals surface area contributed by atoms with Gasteiger partial charge in [0.25, 0.3) is 0 Å². The molecule has 0 radical (unpaired) electrons. The Morgan fingerprint density at radius 3 is 2.56 bits per heavy atom. The fourth-order valence-electron chi connectivity index (χ4n) is 2.04. The van der Waals surface area contributed by atoms with E-state index in [1.54, 1.807) is 18.4 Å². The summed E-state index contributed by atoms with van der Waals surface area (Å²) in [5, 5.41) is 0.935. The highest BCUT2D eigenvalue weighted by molar-refractivity contribution is 7.18. The number of ether oxygens (including phenoxy) is 1. The van der Waals surface area contributed by atoms with Crippen LogP contribution in [-0.2, 0) is 4.74 Å². The molecular weight excluding hydrogens is 246 g/mol. The van der Waals surface area contributed by atoms with Crippen LogP contribution < -0.4 is 5.73 Å². The number of fused-ring (bicyclic) bond motifs is 1. The number of thiophene rings is 1. The van der Waals surface area contributed by atoms with Gasteiger partial charge < -0.3 is 10.5 Å². The molecule has 4 nitrogen and oxygen atoms in total. The van der Waals surface area contributed by atoms with E-state index in [9.17, 15) is 0 Å². The number of rotatable bonds is 2. The molecule has 0 saturated heterocycles. The van der Waals surface area contributed by atoms with E-state index in [4.69, 9.17) is 10.5 Å². The summed E-state index contributed by atoms with van der Waals surface area (Å²) in [6.07, 6.45) is -0.161. The molecule has 2 heterocycles. The molecule has 0 spiro atoms. The number of nitrogens with two attached hydrogens (primary N) is 1. The lowest BCUT2D eigenvalue weighted by Crippen LogP contribution is -2.22. The normalized spacial score (nSPS) is 14.1. The maximum absolute atomic E-state index is 6.01. The smallest absolute Gasteiger partial charge is 0.161 e. The van der Waals surface area contributed by atoms with Crippen LogP contribution in [0.4, 0.5) is 5.82 Å². The molecule has 2 aromatic rings. The Hall–Kier alpha value is -1.20. The summed E-state index contributed by atoms with van der Waals surface area (Å²) in [5.74, 6) is 1.20.